The third-order valence-corrected chi connectivity index (χ3v) is 6.66. The van der Waals surface area contributed by atoms with Crippen LogP contribution in [0, 0.1) is 25.7 Å². The van der Waals surface area contributed by atoms with Gasteiger partial charge in [-0.15, -0.1) is 0 Å². The van der Waals surface area contributed by atoms with Gasteiger partial charge >= 0.3 is 0 Å². The van der Waals surface area contributed by atoms with Gasteiger partial charge in [-0.05, 0) is 62.8 Å². The summed E-state index contributed by atoms with van der Waals surface area (Å²) in [5, 5.41) is 15.7. The zero-order valence-electron chi connectivity index (χ0n) is 17.8. The lowest BCUT2D eigenvalue weighted by molar-refractivity contribution is -0.129. The normalized spacial score (nSPS) is 25.6. The van der Waals surface area contributed by atoms with Gasteiger partial charge < -0.3 is 19.3 Å². The van der Waals surface area contributed by atoms with Gasteiger partial charge in [0.15, 0.2) is 5.58 Å². The van der Waals surface area contributed by atoms with Gasteiger partial charge in [-0.25, -0.2) is 0 Å². The number of hydrogen-bond donors (Lipinski definition) is 1. The Labute approximate surface area is 181 Å². The Morgan fingerprint density at radius 3 is 2.74 bits per heavy atom. The third kappa shape index (κ3) is 3.90. The highest BCUT2D eigenvalue weighted by molar-refractivity contribution is 5.86. The molecule has 1 aliphatic heterocycles. The molecule has 31 heavy (non-hydrogen) atoms. The number of aliphatic hydroxyl groups excluding tert-OH is 1. The Morgan fingerprint density at radius 2 is 1.94 bits per heavy atom. The zero-order valence-corrected chi connectivity index (χ0v) is 17.8. The highest BCUT2D eigenvalue weighted by atomic mass is 16.5. The van der Waals surface area contributed by atoms with E-state index in [1.165, 1.54) is 0 Å². The van der Waals surface area contributed by atoms with E-state index in [1.54, 1.807) is 0 Å². The van der Waals surface area contributed by atoms with Crippen molar-refractivity contribution in [3.63, 3.8) is 0 Å². The van der Waals surface area contributed by atoms with Crippen LogP contribution in [0.4, 0.5) is 0 Å². The van der Waals surface area contributed by atoms with Crippen molar-refractivity contribution in [1.82, 2.24) is 15.0 Å². The molecule has 162 valence electrons. The molecule has 4 atom stereocenters. The number of aromatic nitrogens is 2. The number of para-hydroxylation sites is 1. The van der Waals surface area contributed by atoms with Crippen LogP contribution in [0.2, 0.25) is 0 Å². The molecule has 1 saturated heterocycles. The van der Waals surface area contributed by atoms with Crippen LogP contribution in [0.25, 0.3) is 11.0 Å². The number of ether oxygens (including phenoxy) is 1. The molecule has 1 aliphatic carbocycles. The number of amides is 1. The quantitative estimate of drug-likeness (QED) is 0.697. The molecule has 7 heteroatoms. The minimum absolute atomic E-state index is 0.0546. The standard InChI is InChI=1S/C24H27N3O4/c1-14-7-8-21(15(2)25-14)30-23-10-17-13-27(12-16(17)9-20(23)28)24(29)11-19-18-5-3-4-6-22(18)31-26-19/h3-8,16-17,20,23,28H,9-13H2,1-2H3/t16-,17+,20+,23+/m0/s1. The predicted octanol–water partition coefficient (Wildman–Crippen LogP) is 3.06. The van der Waals surface area contributed by atoms with Crippen molar-refractivity contribution >= 4 is 16.9 Å². The topological polar surface area (TPSA) is 88.7 Å². The SMILES string of the molecule is Cc1ccc(O[C@@H]2C[C@@H]3CN(C(=O)Cc4noc5ccccc45)C[C@@H]3C[C@H]2O)c(C)n1. The molecule has 5 rings (SSSR count). The maximum Gasteiger partial charge on any atom is 0.228 e. The molecule has 1 N–H and O–H groups in total. The van der Waals surface area contributed by atoms with Crippen LogP contribution in [0.5, 0.6) is 5.75 Å². The molecule has 0 spiro atoms. The molecule has 7 nitrogen and oxygen atoms in total. The average molecular weight is 421 g/mol. The van der Waals surface area contributed by atoms with Gasteiger partial charge in [-0.2, -0.15) is 0 Å². The number of likely N-dealkylation sites (tertiary alicyclic amines) is 1. The first-order chi connectivity index (χ1) is 15.0. The Balaban J connectivity index is 1.24. The molecule has 2 aromatic heterocycles. The zero-order chi connectivity index (χ0) is 21.5. The van der Waals surface area contributed by atoms with Gasteiger partial charge in [-0.1, -0.05) is 17.3 Å². The number of aryl methyl sites for hydroxylation is 2. The molecule has 1 aromatic carbocycles. The van der Waals surface area contributed by atoms with Crippen molar-refractivity contribution in [3.8, 4) is 5.75 Å². The highest BCUT2D eigenvalue weighted by Crippen LogP contribution is 2.38. The molecule has 1 saturated carbocycles. The fourth-order valence-electron chi connectivity index (χ4n) is 5.00. The van der Waals surface area contributed by atoms with Gasteiger partial charge in [0, 0.05) is 24.2 Å². The number of hydrogen-bond acceptors (Lipinski definition) is 6. The molecule has 0 unspecified atom stereocenters. The van der Waals surface area contributed by atoms with Crippen LogP contribution in [0.15, 0.2) is 40.9 Å². The van der Waals surface area contributed by atoms with E-state index in [-0.39, 0.29) is 18.4 Å². The molecular formula is C24H27N3O4. The average Bonchev–Trinajstić information content (AvgIpc) is 3.34. The van der Waals surface area contributed by atoms with E-state index in [1.807, 2.05) is 55.1 Å². The molecule has 3 heterocycles. The largest absolute Gasteiger partial charge is 0.486 e. The second-order valence-electron chi connectivity index (χ2n) is 8.85. The van der Waals surface area contributed by atoms with E-state index < -0.39 is 6.10 Å². The fraction of sp³-hybridized carbons (Fsp3) is 0.458. The van der Waals surface area contributed by atoms with Crippen molar-refractivity contribution in [2.45, 2.75) is 45.3 Å². The minimum Gasteiger partial charge on any atom is -0.486 e. The number of carbonyl (C=O) groups is 1. The van der Waals surface area contributed by atoms with Crippen LogP contribution in [-0.4, -0.2) is 51.4 Å². The second kappa shape index (κ2) is 7.96. The van der Waals surface area contributed by atoms with E-state index in [2.05, 4.69) is 10.1 Å². The van der Waals surface area contributed by atoms with Crippen LogP contribution in [-0.2, 0) is 11.2 Å². The van der Waals surface area contributed by atoms with Crippen LogP contribution < -0.4 is 4.74 Å². The number of nitrogens with zero attached hydrogens (tertiary/aromatic N) is 3. The lowest BCUT2D eigenvalue weighted by atomic mass is 9.78. The summed E-state index contributed by atoms with van der Waals surface area (Å²) in [5.74, 6) is 1.39. The number of pyridine rings is 1. The summed E-state index contributed by atoms with van der Waals surface area (Å²) in [4.78, 5) is 19.3. The van der Waals surface area contributed by atoms with Crippen molar-refractivity contribution in [2.24, 2.45) is 11.8 Å². The maximum absolute atomic E-state index is 13.0. The van der Waals surface area contributed by atoms with Crippen molar-refractivity contribution in [2.75, 3.05) is 13.1 Å². The van der Waals surface area contributed by atoms with Gasteiger partial charge in [0.05, 0.1) is 18.2 Å². The number of carbonyl (C=O) groups excluding carboxylic acids is 1. The van der Waals surface area contributed by atoms with E-state index in [9.17, 15) is 9.90 Å². The minimum atomic E-state index is -0.545. The predicted molar refractivity (Wildman–Crippen MR) is 115 cm³/mol. The summed E-state index contributed by atoms with van der Waals surface area (Å²) < 4.78 is 11.5. The number of benzene rings is 1. The summed E-state index contributed by atoms with van der Waals surface area (Å²) in [6, 6.07) is 11.4. The van der Waals surface area contributed by atoms with Crippen molar-refractivity contribution < 1.29 is 19.2 Å². The third-order valence-electron chi connectivity index (χ3n) is 6.66. The summed E-state index contributed by atoms with van der Waals surface area (Å²) in [6.45, 7) is 5.23. The first-order valence-electron chi connectivity index (χ1n) is 10.9. The first kappa shape index (κ1) is 20.0. The van der Waals surface area contributed by atoms with Crippen molar-refractivity contribution in [1.29, 1.82) is 0 Å². The van der Waals surface area contributed by atoms with Gasteiger partial charge in [0.2, 0.25) is 5.91 Å². The van der Waals surface area contributed by atoms with Crippen LogP contribution in [0.3, 0.4) is 0 Å². The number of rotatable bonds is 4. The Morgan fingerprint density at radius 1 is 1.16 bits per heavy atom. The van der Waals surface area contributed by atoms with Crippen LogP contribution >= 0.6 is 0 Å². The summed E-state index contributed by atoms with van der Waals surface area (Å²) >= 11 is 0. The molecule has 2 aliphatic rings. The summed E-state index contributed by atoms with van der Waals surface area (Å²) in [5.41, 5.74) is 3.15. The molecular weight excluding hydrogens is 394 g/mol. The Kier molecular flexibility index (Phi) is 5.14. The van der Waals surface area contributed by atoms with E-state index in [0.717, 1.165) is 28.9 Å². The maximum atomic E-state index is 13.0. The summed E-state index contributed by atoms with van der Waals surface area (Å²) in [7, 11) is 0. The number of aliphatic hydroxyl groups is 1. The monoisotopic (exact) mass is 421 g/mol. The van der Waals surface area contributed by atoms with E-state index >= 15 is 0 Å². The smallest absolute Gasteiger partial charge is 0.228 e. The Hall–Kier alpha value is -2.93. The second-order valence-corrected chi connectivity index (χ2v) is 8.85. The van der Waals surface area contributed by atoms with Crippen molar-refractivity contribution in [3.05, 3.63) is 53.5 Å². The Bertz CT molecular complexity index is 1110. The summed E-state index contributed by atoms with van der Waals surface area (Å²) in [6.07, 6.45) is 0.781. The number of fused-ring (bicyclic) bond motifs is 2. The lowest BCUT2D eigenvalue weighted by Gasteiger charge is -2.35. The molecule has 2 fully saturated rings. The molecule has 1 amide bonds. The van der Waals surface area contributed by atoms with Gasteiger partial charge in [0.1, 0.15) is 17.5 Å². The fourth-order valence-corrected chi connectivity index (χ4v) is 5.00. The van der Waals surface area contributed by atoms with Gasteiger partial charge in [-0.3, -0.25) is 9.78 Å². The highest BCUT2D eigenvalue weighted by Gasteiger charge is 2.44. The first-order valence-corrected chi connectivity index (χ1v) is 10.9. The molecule has 3 aromatic rings. The molecule has 0 bridgehead atoms. The van der Waals surface area contributed by atoms with Crippen LogP contribution in [0.1, 0.15) is 29.9 Å². The van der Waals surface area contributed by atoms with E-state index in [0.29, 0.717) is 42.6 Å². The van der Waals surface area contributed by atoms with E-state index in [4.69, 9.17) is 9.26 Å². The van der Waals surface area contributed by atoms with Gasteiger partial charge in [0.25, 0.3) is 0 Å². The lowest BCUT2D eigenvalue weighted by Crippen LogP contribution is -2.42. The molecule has 0 radical (unpaired) electrons.